The maximum absolute atomic E-state index is 15.5. The first-order chi connectivity index (χ1) is 60.9. The van der Waals surface area contributed by atoms with Crippen LogP contribution in [-0.4, -0.2) is 277 Å². The lowest BCUT2D eigenvalue weighted by atomic mass is 9.90. The van der Waals surface area contributed by atoms with Crippen LogP contribution >= 0.6 is 0 Å². The van der Waals surface area contributed by atoms with Crippen LogP contribution in [0, 0.1) is 40.8 Å². The molecule has 42 nitrogen and oxygen atoms in total. The number of carboxylic acid groups (broad SMARTS) is 1. The van der Waals surface area contributed by atoms with Gasteiger partial charge in [-0.25, -0.2) is 14.2 Å². The van der Waals surface area contributed by atoms with Gasteiger partial charge in [0.2, 0.25) is 59.1 Å². The number of aromatic nitrogens is 9. The molecule has 8 rings (SSSR count). The summed E-state index contributed by atoms with van der Waals surface area (Å²) < 4.78 is 51.2. The first kappa shape index (κ1) is 99.9. The van der Waals surface area contributed by atoms with E-state index in [2.05, 4.69) is 106 Å². The monoisotopic (exact) mass is 1770 g/mol. The van der Waals surface area contributed by atoms with Crippen molar-refractivity contribution >= 4 is 71.1 Å². The Balaban J connectivity index is 0.754. The van der Waals surface area contributed by atoms with Crippen molar-refractivity contribution in [2.75, 3.05) is 85.7 Å². The molecular weight excluding hydrogens is 1660 g/mol. The number of unbranched alkanes of at least 4 members (excludes halogenated alkanes) is 1. The number of imidazole rings is 1. The highest BCUT2D eigenvalue weighted by molar-refractivity contribution is 6.06. The summed E-state index contributed by atoms with van der Waals surface area (Å²) in [7, 11) is 0. The molecule has 690 valence electrons. The number of primary amides is 1. The molecule has 43 heteroatoms. The van der Waals surface area contributed by atoms with Gasteiger partial charge >= 0.3 is 12.1 Å². The van der Waals surface area contributed by atoms with Crippen molar-refractivity contribution in [3.8, 4) is 28.7 Å². The number of nitrogens with two attached hydrogens (primary N) is 1. The Bertz CT molecular complexity index is 4660. The molecular formula is C84H115FN20O22. The van der Waals surface area contributed by atoms with Gasteiger partial charge in [-0.1, -0.05) is 65.9 Å². The highest BCUT2D eigenvalue weighted by atomic mass is 19.1. The Kier molecular flexibility index (Phi) is 39.8. The van der Waals surface area contributed by atoms with E-state index in [9.17, 15) is 78.0 Å². The Hall–Kier alpha value is -12.5. The number of carbonyl (C=O) groups is 12. The van der Waals surface area contributed by atoms with Gasteiger partial charge in [-0.15, -0.1) is 27.1 Å². The van der Waals surface area contributed by atoms with Gasteiger partial charge in [0.05, 0.1) is 110 Å². The fourth-order valence-corrected chi connectivity index (χ4v) is 13.8. The van der Waals surface area contributed by atoms with Crippen LogP contribution in [0.1, 0.15) is 120 Å². The highest BCUT2D eigenvalue weighted by Gasteiger charge is 2.50. The number of hydrogen-bond acceptors (Lipinski definition) is 27. The zero-order valence-corrected chi connectivity index (χ0v) is 71.7. The number of benzene rings is 3. The van der Waals surface area contributed by atoms with E-state index in [1.165, 1.54) is 38.4 Å². The van der Waals surface area contributed by atoms with Crippen LogP contribution in [0.4, 0.5) is 9.18 Å². The van der Waals surface area contributed by atoms with E-state index in [0.717, 1.165) is 82.1 Å². The molecule has 0 bridgehead atoms. The number of nitrogens with zero attached hydrogens (tertiary/aromatic N) is 7. The maximum atomic E-state index is 15.5. The average Bonchev–Trinajstić information content (AvgIpc) is 1.63. The van der Waals surface area contributed by atoms with Crippen LogP contribution in [-0.2, 0) is 122 Å². The SMILES string of the molecule is CCc1cc(OCCCCn2cc(COCCOCCOCCOCCNC(=O)OCC3[C@H]4CCC#CCC[C@@H]34)nn2)ccc1-c1ccc(C[C@H](NC(=O)[C@H](CC(=O)O)NC(=O)[C@H](CO)NC(=O)[C@@H](NC(=O)[C@](C)(Cc2ccccc2F)NC(=O)[C@@H](NC(=O)CNC(=O)[C@H](Cc2nn[nH]n2)NC(=O)C(C)(C)C(=O)NCCc2cnc[nH]2)[C@@H](C)O)[C@@H](C)O)C(N)=O)cc1. The van der Waals surface area contributed by atoms with Gasteiger partial charge in [0.15, 0.2) is 5.82 Å². The maximum Gasteiger partial charge on any atom is 0.407 e. The van der Waals surface area contributed by atoms with E-state index in [0.29, 0.717) is 126 Å². The van der Waals surface area contributed by atoms with Crippen molar-refractivity contribution in [3.63, 3.8) is 0 Å². The Labute approximate surface area is 731 Å². The summed E-state index contributed by atoms with van der Waals surface area (Å²) in [5.74, 6) is -5.22. The normalized spacial score (nSPS) is 16.4. The third kappa shape index (κ3) is 32.5. The van der Waals surface area contributed by atoms with Crippen LogP contribution in [0.15, 0.2) is 85.5 Å². The summed E-state index contributed by atoms with van der Waals surface area (Å²) in [5, 5.41) is 87.6. The largest absolute Gasteiger partial charge is 0.494 e. The second kappa shape index (κ2) is 50.6. The van der Waals surface area contributed by atoms with Gasteiger partial charge in [-0.05, 0) is 130 Å². The number of carboxylic acids is 1. The average molecular weight is 1780 g/mol. The van der Waals surface area contributed by atoms with E-state index in [4.69, 9.17) is 34.2 Å². The Morgan fingerprint density at radius 3 is 1.98 bits per heavy atom. The summed E-state index contributed by atoms with van der Waals surface area (Å²) in [6.07, 6.45) is 4.82. The summed E-state index contributed by atoms with van der Waals surface area (Å²) in [6.45, 7) is 10.5. The first-order valence-corrected chi connectivity index (χ1v) is 41.9. The Morgan fingerprint density at radius 2 is 1.34 bits per heavy atom. The number of H-pyrrole nitrogens is 2. The lowest BCUT2D eigenvalue weighted by Gasteiger charge is -2.34. The van der Waals surface area contributed by atoms with Gasteiger partial charge < -0.3 is 113 Å². The molecule has 0 radical (unpaired) electrons. The molecule has 1 fully saturated rings. The van der Waals surface area contributed by atoms with Crippen molar-refractivity contribution in [2.24, 2.45) is 28.9 Å². The van der Waals surface area contributed by atoms with E-state index in [1.54, 1.807) is 35.1 Å². The standard InChI is InChI=1S/C84H115FN20O22/c1-7-53-39-58(126-30-15-14-29-105-45-57(99-104-105)47-125-37-36-124-35-34-123-33-32-122-31-28-89-82(121)127-48-62-60-17-10-8-9-11-18-61(60)62)24-25-59(53)54-22-20-52(21-23-54)38-64(73(86)112)92-75(114)66(41-70(110)111)93-76(115)67(46-106)94-77(116)71(50(2)107)97-81(120)84(6,42-55-16-12-13-19-63(55)85)98-78(117)72(51(3)108)96-69(109)44-90-74(113)65(40-68-100-102-103-101-68)95-80(119)83(4,5)79(118)88-27-26-56-43-87-49-91-56/h12-13,16,19-25,39,43,45,49-51,60-62,64-67,71-72,106-108H,7,10-11,14-15,17-18,26-38,40-42,44,46-48H2,1-6H3,(H2,86,112)(H,87,91)(H,88,118)(H,89,121)(H,90,113)(H,92,114)(H,93,115)(H,94,116)(H,95,119)(H,96,109)(H,97,120)(H,98,117)(H,110,111)(H,100,101,102,103)/t50-,51-,60-,61+,62?,64+,65+,66+,67+,71+,72+,84+/m1/s1. The van der Waals surface area contributed by atoms with Crippen molar-refractivity contribution < 1.29 is 111 Å². The number of nitrogens with one attached hydrogen (secondary N) is 12. The topological polar surface area (TPSA) is 601 Å². The molecule has 1 saturated carbocycles. The smallest absolute Gasteiger partial charge is 0.407 e. The number of rotatable bonds is 56. The third-order valence-electron chi connectivity index (χ3n) is 21.1. The molecule has 3 heterocycles. The minimum atomic E-state index is -2.39. The molecule has 18 N–H and O–H groups in total. The molecule has 3 aromatic heterocycles. The molecule has 0 aliphatic heterocycles. The quantitative estimate of drug-likeness (QED) is 0.0117. The number of aliphatic hydroxyl groups excluding tert-OH is 3. The zero-order valence-electron chi connectivity index (χ0n) is 71.7. The fourth-order valence-electron chi connectivity index (χ4n) is 13.8. The summed E-state index contributed by atoms with van der Waals surface area (Å²) in [4.78, 5) is 169. The van der Waals surface area contributed by atoms with Crippen molar-refractivity contribution in [1.29, 1.82) is 0 Å². The van der Waals surface area contributed by atoms with Crippen molar-refractivity contribution in [3.05, 3.63) is 125 Å². The van der Waals surface area contributed by atoms with Crippen LogP contribution in [0.5, 0.6) is 5.75 Å². The highest BCUT2D eigenvalue weighted by Crippen LogP contribution is 2.52. The number of aromatic amines is 2. The predicted molar refractivity (Wildman–Crippen MR) is 448 cm³/mol. The number of aryl methyl sites for hydroxylation is 2. The van der Waals surface area contributed by atoms with Gasteiger partial charge in [0, 0.05) is 70.0 Å². The van der Waals surface area contributed by atoms with Crippen LogP contribution in [0.3, 0.4) is 0 Å². The second-order valence-corrected chi connectivity index (χ2v) is 31.4. The van der Waals surface area contributed by atoms with Crippen LogP contribution in [0.2, 0.25) is 0 Å². The third-order valence-corrected chi connectivity index (χ3v) is 21.1. The molecule has 11 amide bonds. The first-order valence-electron chi connectivity index (χ1n) is 41.9. The van der Waals surface area contributed by atoms with Gasteiger partial charge in [0.1, 0.15) is 64.5 Å². The van der Waals surface area contributed by atoms with E-state index in [-0.39, 0.29) is 31.0 Å². The van der Waals surface area contributed by atoms with Crippen LogP contribution in [0.25, 0.3) is 11.1 Å². The number of aliphatic carboxylic acids is 1. The lowest BCUT2D eigenvalue weighted by molar-refractivity contribution is -0.143. The van der Waals surface area contributed by atoms with Crippen molar-refractivity contribution in [1.82, 2.24) is 98.8 Å². The summed E-state index contributed by atoms with van der Waals surface area (Å²) in [5.41, 5.74) is 5.98. The lowest BCUT2D eigenvalue weighted by Crippen LogP contribution is -2.67. The molecule has 12 atom stereocenters. The number of halogens is 1. The molecule has 0 saturated heterocycles. The van der Waals surface area contributed by atoms with E-state index < -0.39 is 169 Å². The summed E-state index contributed by atoms with van der Waals surface area (Å²) >= 11 is 0. The van der Waals surface area contributed by atoms with Crippen LogP contribution < -0.4 is 63.6 Å². The number of tetrazole rings is 1. The fraction of sp³-hybridized carbons (Fsp3) is 0.548. The molecule has 0 spiro atoms. The number of alkyl carbamates (subject to hydrolysis) is 1. The number of fused-ring (bicyclic) bond motifs is 1. The number of amides is 11. The molecule has 1 unspecified atom stereocenters. The summed E-state index contributed by atoms with van der Waals surface area (Å²) in [6, 6.07) is 6.60. The molecule has 2 aliphatic carbocycles. The van der Waals surface area contributed by atoms with Crippen molar-refractivity contribution in [2.45, 2.75) is 186 Å². The molecule has 6 aromatic rings. The van der Waals surface area contributed by atoms with E-state index in [1.807, 2.05) is 31.3 Å². The minimum Gasteiger partial charge on any atom is -0.494 e. The molecule has 127 heavy (non-hydrogen) atoms. The number of ether oxygens (including phenoxy) is 6. The Morgan fingerprint density at radius 1 is 0.677 bits per heavy atom. The second-order valence-electron chi connectivity index (χ2n) is 31.4. The van der Waals surface area contributed by atoms with E-state index >= 15 is 4.39 Å². The number of hydrogen-bond donors (Lipinski definition) is 17. The molecule has 3 aromatic carbocycles. The zero-order chi connectivity index (χ0) is 92.0. The number of carbonyl (C=O) groups excluding carboxylic acids is 11. The van der Waals surface area contributed by atoms with Gasteiger partial charge in [0.25, 0.3) is 0 Å². The number of aliphatic hydroxyl groups is 3. The molecule has 2 aliphatic rings. The predicted octanol–water partition coefficient (Wildman–Crippen LogP) is -1.50. The van der Waals surface area contributed by atoms with Gasteiger partial charge in [-0.3, -0.25) is 57.4 Å². The minimum absolute atomic E-state index is 0.0633. The van der Waals surface area contributed by atoms with Gasteiger partial charge in [-0.2, -0.15) is 5.21 Å².